The van der Waals surface area contributed by atoms with Crippen molar-refractivity contribution < 1.29 is 10.0 Å². The molecule has 1 saturated heterocycles. The van der Waals surface area contributed by atoms with Gasteiger partial charge >= 0.3 is 0 Å². The van der Waals surface area contributed by atoms with E-state index in [2.05, 4.69) is 23.9 Å². The van der Waals surface area contributed by atoms with Crippen molar-refractivity contribution in [1.82, 2.24) is 9.80 Å². The van der Waals surface area contributed by atoms with E-state index in [4.69, 9.17) is 10.9 Å². The molecule has 1 aliphatic heterocycles. The minimum absolute atomic E-state index is 0.0343. The molecule has 2 aliphatic rings. The number of amidine groups is 1. The van der Waals surface area contributed by atoms with E-state index in [9.17, 15) is 4.79 Å². The predicted molar refractivity (Wildman–Crippen MR) is 72.9 cm³/mol. The number of carbonyl (C=O) groups excluding carboxylic acids is 1. The monoisotopic (exact) mass is 268 g/mol. The van der Waals surface area contributed by atoms with Crippen molar-refractivity contribution in [3.05, 3.63) is 0 Å². The summed E-state index contributed by atoms with van der Waals surface area (Å²) in [5, 5.41) is 11.8. The van der Waals surface area contributed by atoms with E-state index in [0.29, 0.717) is 18.8 Å². The molecule has 0 unspecified atom stereocenters. The second-order valence-corrected chi connectivity index (χ2v) is 6.05. The third kappa shape index (κ3) is 2.83. The van der Waals surface area contributed by atoms with Gasteiger partial charge in [-0.15, -0.1) is 0 Å². The van der Waals surface area contributed by atoms with Gasteiger partial charge in [0.15, 0.2) is 5.84 Å². The molecular weight excluding hydrogens is 244 g/mol. The number of amides is 1. The van der Waals surface area contributed by atoms with Crippen LogP contribution in [0.3, 0.4) is 0 Å². The molecule has 6 heteroatoms. The lowest BCUT2D eigenvalue weighted by molar-refractivity contribution is -0.136. The predicted octanol–water partition coefficient (Wildman–Crippen LogP) is 0.313. The number of nitrogens with zero attached hydrogens (tertiary/aromatic N) is 3. The fourth-order valence-electron chi connectivity index (χ4n) is 2.75. The Morgan fingerprint density at radius 2 is 1.89 bits per heavy atom. The lowest BCUT2D eigenvalue weighted by Gasteiger charge is -2.37. The van der Waals surface area contributed by atoms with Gasteiger partial charge in [0.05, 0.1) is 0 Å². The van der Waals surface area contributed by atoms with Gasteiger partial charge in [0, 0.05) is 32.7 Å². The van der Waals surface area contributed by atoms with Gasteiger partial charge in [-0.2, -0.15) is 0 Å². The zero-order valence-electron chi connectivity index (χ0n) is 11.8. The van der Waals surface area contributed by atoms with Crippen LogP contribution in [-0.4, -0.2) is 59.5 Å². The van der Waals surface area contributed by atoms with Crippen molar-refractivity contribution in [3.63, 3.8) is 0 Å². The quantitative estimate of drug-likeness (QED) is 0.333. The Morgan fingerprint density at radius 3 is 2.32 bits per heavy atom. The van der Waals surface area contributed by atoms with Crippen molar-refractivity contribution in [3.8, 4) is 0 Å². The first-order valence-corrected chi connectivity index (χ1v) is 6.99. The van der Waals surface area contributed by atoms with Gasteiger partial charge < -0.3 is 15.8 Å². The van der Waals surface area contributed by atoms with E-state index in [0.717, 1.165) is 32.7 Å². The average molecular weight is 268 g/mol. The molecule has 2 rings (SSSR count). The summed E-state index contributed by atoms with van der Waals surface area (Å²) in [6.07, 6.45) is 1.40. The summed E-state index contributed by atoms with van der Waals surface area (Å²) >= 11 is 0. The second-order valence-electron chi connectivity index (χ2n) is 6.05. The first-order chi connectivity index (χ1) is 8.99. The van der Waals surface area contributed by atoms with Crippen LogP contribution in [0.15, 0.2) is 5.16 Å². The molecule has 1 aliphatic carbocycles. The highest BCUT2D eigenvalue weighted by Gasteiger charge is 2.55. The zero-order chi connectivity index (χ0) is 14.0. The maximum Gasteiger partial charge on any atom is 0.236 e. The zero-order valence-corrected chi connectivity index (χ0v) is 11.8. The molecule has 1 saturated carbocycles. The number of oxime groups is 1. The largest absolute Gasteiger partial charge is 0.409 e. The maximum absolute atomic E-state index is 12.4. The lowest BCUT2D eigenvalue weighted by atomic mass is 10.0. The molecule has 0 aromatic rings. The molecule has 1 heterocycles. The highest BCUT2D eigenvalue weighted by Crippen LogP contribution is 2.47. The van der Waals surface area contributed by atoms with Crippen LogP contribution in [0.2, 0.25) is 0 Å². The third-order valence-corrected chi connectivity index (χ3v) is 4.04. The SMILES string of the molecule is CC(C)CN1CCN(C(=O)C2(C(N)=NO)CC2)CC1. The Balaban J connectivity index is 1.90. The number of hydrogen-bond donors (Lipinski definition) is 2. The summed E-state index contributed by atoms with van der Waals surface area (Å²) in [5.74, 6) is 0.753. The van der Waals surface area contributed by atoms with Crippen LogP contribution in [0.1, 0.15) is 26.7 Å². The van der Waals surface area contributed by atoms with E-state index in [1.165, 1.54) is 0 Å². The van der Waals surface area contributed by atoms with E-state index in [-0.39, 0.29) is 11.7 Å². The summed E-state index contributed by atoms with van der Waals surface area (Å²) in [6, 6.07) is 0. The molecular formula is C13H24N4O2. The molecule has 1 amide bonds. The Labute approximate surface area is 114 Å². The first kappa shape index (κ1) is 14.1. The standard InChI is InChI=1S/C13H24N4O2/c1-10(2)9-16-5-7-17(8-6-16)12(18)13(3-4-13)11(14)15-19/h10,19H,3-9H2,1-2H3,(H2,14,15). The van der Waals surface area contributed by atoms with E-state index < -0.39 is 5.41 Å². The van der Waals surface area contributed by atoms with Crippen LogP contribution in [0.25, 0.3) is 0 Å². The van der Waals surface area contributed by atoms with E-state index in [1.807, 2.05) is 4.90 Å². The third-order valence-electron chi connectivity index (χ3n) is 4.04. The summed E-state index contributed by atoms with van der Waals surface area (Å²) in [7, 11) is 0. The van der Waals surface area contributed by atoms with E-state index in [1.54, 1.807) is 0 Å². The molecule has 108 valence electrons. The number of hydrogen-bond acceptors (Lipinski definition) is 4. The molecule has 0 spiro atoms. The number of carbonyl (C=O) groups is 1. The Hall–Kier alpha value is -1.30. The Bertz CT molecular complexity index is 369. The Kier molecular flexibility index (Phi) is 3.99. The average Bonchev–Trinajstić information content (AvgIpc) is 3.18. The Morgan fingerprint density at radius 1 is 1.32 bits per heavy atom. The van der Waals surface area contributed by atoms with Gasteiger partial charge in [0.2, 0.25) is 5.91 Å². The highest BCUT2D eigenvalue weighted by molar-refractivity contribution is 6.09. The van der Waals surface area contributed by atoms with Crippen LogP contribution in [0.5, 0.6) is 0 Å². The molecule has 6 nitrogen and oxygen atoms in total. The van der Waals surface area contributed by atoms with Crippen LogP contribution < -0.4 is 5.73 Å². The molecule has 0 aromatic carbocycles. The topological polar surface area (TPSA) is 82.2 Å². The van der Waals surface area contributed by atoms with Crippen molar-refractivity contribution in [1.29, 1.82) is 0 Å². The molecule has 3 N–H and O–H groups in total. The van der Waals surface area contributed by atoms with Gasteiger partial charge in [-0.3, -0.25) is 9.69 Å². The van der Waals surface area contributed by atoms with Crippen molar-refractivity contribution in [2.24, 2.45) is 22.2 Å². The fraction of sp³-hybridized carbons (Fsp3) is 0.846. The molecule has 0 atom stereocenters. The first-order valence-electron chi connectivity index (χ1n) is 6.99. The van der Waals surface area contributed by atoms with Gasteiger partial charge in [0.1, 0.15) is 5.41 Å². The number of rotatable bonds is 4. The molecule has 0 bridgehead atoms. The normalized spacial score (nSPS) is 23.7. The maximum atomic E-state index is 12.4. The minimum atomic E-state index is -0.699. The van der Waals surface area contributed by atoms with Crippen molar-refractivity contribution in [2.45, 2.75) is 26.7 Å². The summed E-state index contributed by atoms with van der Waals surface area (Å²) in [6.45, 7) is 8.79. The van der Waals surface area contributed by atoms with Crippen LogP contribution in [0.4, 0.5) is 0 Å². The van der Waals surface area contributed by atoms with Gasteiger partial charge in [-0.1, -0.05) is 19.0 Å². The van der Waals surface area contributed by atoms with Crippen LogP contribution >= 0.6 is 0 Å². The molecule has 2 fully saturated rings. The number of piperazine rings is 1. The summed E-state index contributed by atoms with van der Waals surface area (Å²) < 4.78 is 0. The van der Waals surface area contributed by atoms with Gasteiger partial charge in [-0.05, 0) is 18.8 Å². The minimum Gasteiger partial charge on any atom is -0.409 e. The molecule has 19 heavy (non-hydrogen) atoms. The summed E-state index contributed by atoms with van der Waals surface area (Å²) in [4.78, 5) is 16.7. The van der Waals surface area contributed by atoms with E-state index >= 15 is 0 Å². The smallest absolute Gasteiger partial charge is 0.236 e. The molecule has 0 aromatic heterocycles. The van der Waals surface area contributed by atoms with Gasteiger partial charge in [0.25, 0.3) is 0 Å². The van der Waals surface area contributed by atoms with Crippen LogP contribution in [0, 0.1) is 11.3 Å². The number of nitrogens with two attached hydrogens (primary N) is 1. The second kappa shape index (κ2) is 5.36. The lowest BCUT2D eigenvalue weighted by Crippen LogP contribution is -2.53. The van der Waals surface area contributed by atoms with Gasteiger partial charge in [-0.25, -0.2) is 0 Å². The van der Waals surface area contributed by atoms with Crippen molar-refractivity contribution in [2.75, 3.05) is 32.7 Å². The molecule has 0 radical (unpaired) electrons. The fourth-order valence-corrected chi connectivity index (χ4v) is 2.75. The van der Waals surface area contributed by atoms with Crippen molar-refractivity contribution >= 4 is 11.7 Å². The highest BCUT2D eigenvalue weighted by atomic mass is 16.4. The van der Waals surface area contributed by atoms with Crippen LogP contribution in [-0.2, 0) is 4.79 Å². The summed E-state index contributed by atoms with van der Waals surface area (Å²) in [5.41, 5.74) is 4.96.